The van der Waals surface area contributed by atoms with Crippen LogP contribution in [0.2, 0.25) is 0 Å². The molecule has 0 aromatic carbocycles. The second-order valence-electron chi connectivity index (χ2n) is 6.78. The van der Waals surface area contributed by atoms with E-state index in [0.29, 0.717) is 12.3 Å². The van der Waals surface area contributed by atoms with Gasteiger partial charge in [-0.05, 0) is 27.2 Å². The van der Waals surface area contributed by atoms with Crippen molar-refractivity contribution >= 4 is 22.8 Å². The Balaban J connectivity index is 2.81. The summed E-state index contributed by atoms with van der Waals surface area (Å²) >= 11 is 1.21. The molecular weight excluding hydrogens is 330 g/mol. The SMILES string of the molecule is CC[C@H]1OC(C)(C)O[C@H]([C@@H](C)C(=O)SCCNC(C)=O)[C@]1(C)OC. The smallest absolute Gasteiger partial charge is 0.216 e. The zero-order chi connectivity index (χ0) is 18.5. The highest BCUT2D eigenvalue weighted by atomic mass is 32.2. The van der Waals surface area contributed by atoms with Gasteiger partial charge in [-0.1, -0.05) is 25.6 Å². The number of rotatable bonds is 7. The molecule has 1 heterocycles. The van der Waals surface area contributed by atoms with E-state index in [-0.39, 0.29) is 23.0 Å². The van der Waals surface area contributed by atoms with Crippen LogP contribution in [0.4, 0.5) is 0 Å². The maximum Gasteiger partial charge on any atom is 0.216 e. The van der Waals surface area contributed by atoms with Gasteiger partial charge in [-0.3, -0.25) is 9.59 Å². The number of carbonyl (C=O) groups excluding carboxylic acids is 2. The summed E-state index contributed by atoms with van der Waals surface area (Å²) in [7, 11) is 1.63. The summed E-state index contributed by atoms with van der Waals surface area (Å²) in [5.74, 6) is -0.674. The molecule has 4 atom stereocenters. The van der Waals surface area contributed by atoms with Crippen LogP contribution >= 0.6 is 11.8 Å². The molecule has 1 fully saturated rings. The van der Waals surface area contributed by atoms with E-state index in [1.807, 2.05) is 34.6 Å². The van der Waals surface area contributed by atoms with Crippen molar-refractivity contribution in [1.82, 2.24) is 5.32 Å². The average Bonchev–Trinajstić information content (AvgIpc) is 2.52. The monoisotopic (exact) mass is 361 g/mol. The van der Waals surface area contributed by atoms with Gasteiger partial charge in [0.2, 0.25) is 5.91 Å². The van der Waals surface area contributed by atoms with Crippen molar-refractivity contribution in [2.45, 2.75) is 71.6 Å². The van der Waals surface area contributed by atoms with Crippen molar-refractivity contribution in [2.75, 3.05) is 19.4 Å². The van der Waals surface area contributed by atoms with Crippen molar-refractivity contribution in [3.63, 3.8) is 0 Å². The minimum absolute atomic E-state index is 0.0289. The van der Waals surface area contributed by atoms with Crippen molar-refractivity contribution in [2.24, 2.45) is 5.92 Å². The molecule has 1 amide bonds. The summed E-state index contributed by atoms with van der Waals surface area (Å²) in [5, 5.41) is 2.72. The summed E-state index contributed by atoms with van der Waals surface area (Å²) in [6.45, 7) is 11.5. The maximum atomic E-state index is 12.6. The molecule has 0 radical (unpaired) electrons. The van der Waals surface area contributed by atoms with E-state index in [2.05, 4.69) is 5.32 Å². The van der Waals surface area contributed by atoms with Gasteiger partial charge in [0.1, 0.15) is 11.7 Å². The normalized spacial score (nSPS) is 30.6. The summed E-state index contributed by atoms with van der Waals surface area (Å²) in [6.07, 6.45) is 0.206. The molecule has 0 aromatic heterocycles. The number of ether oxygens (including phenoxy) is 3. The quantitative estimate of drug-likeness (QED) is 0.702. The van der Waals surface area contributed by atoms with E-state index in [4.69, 9.17) is 14.2 Å². The van der Waals surface area contributed by atoms with Gasteiger partial charge in [0.15, 0.2) is 10.9 Å². The summed E-state index contributed by atoms with van der Waals surface area (Å²) < 4.78 is 17.8. The lowest BCUT2D eigenvalue weighted by Crippen LogP contribution is -2.64. The van der Waals surface area contributed by atoms with Gasteiger partial charge in [-0.25, -0.2) is 0 Å². The number of carbonyl (C=O) groups is 2. The molecule has 1 saturated heterocycles. The number of hydrogen-bond acceptors (Lipinski definition) is 6. The Morgan fingerprint density at radius 2 is 1.92 bits per heavy atom. The van der Waals surface area contributed by atoms with Gasteiger partial charge in [0, 0.05) is 26.3 Å². The Hall–Kier alpha value is -0.630. The first-order chi connectivity index (χ1) is 11.1. The highest BCUT2D eigenvalue weighted by Crippen LogP contribution is 2.41. The van der Waals surface area contributed by atoms with Crippen LogP contribution in [-0.4, -0.2) is 54.0 Å². The number of methoxy groups -OCH3 is 1. The van der Waals surface area contributed by atoms with Crippen LogP contribution in [0.25, 0.3) is 0 Å². The fraction of sp³-hybridized carbons (Fsp3) is 0.882. The second-order valence-corrected chi connectivity index (χ2v) is 7.88. The third-order valence-corrected chi connectivity index (χ3v) is 5.46. The summed E-state index contributed by atoms with van der Waals surface area (Å²) in [5.41, 5.74) is -0.697. The first-order valence-corrected chi connectivity index (χ1v) is 9.37. The molecule has 1 rings (SSSR count). The Kier molecular flexibility index (Phi) is 7.72. The van der Waals surface area contributed by atoms with Gasteiger partial charge in [0.25, 0.3) is 0 Å². The number of amides is 1. The van der Waals surface area contributed by atoms with E-state index in [0.717, 1.165) is 6.42 Å². The predicted octanol–water partition coefficient (Wildman–Crippen LogP) is 2.35. The van der Waals surface area contributed by atoms with E-state index in [9.17, 15) is 9.59 Å². The molecule has 1 N–H and O–H groups in total. The third-order valence-electron chi connectivity index (χ3n) is 4.40. The fourth-order valence-corrected chi connectivity index (χ4v) is 3.85. The Morgan fingerprint density at radius 1 is 1.29 bits per heavy atom. The molecule has 0 spiro atoms. The summed E-state index contributed by atoms with van der Waals surface area (Å²) in [6, 6.07) is 0. The lowest BCUT2D eigenvalue weighted by atomic mass is 9.82. The van der Waals surface area contributed by atoms with Crippen molar-refractivity contribution < 1.29 is 23.8 Å². The van der Waals surface area contributed by atoms with E-state index in [1.165, 1.54) is 18.7 Å². The zero-order valence-corrected chi connectivity index (χ0v) is 16.6. The third kappa shape index (κ3) is 5.18. The molecule has 0 bridgehead atoms. The average molecular weight is 362 g/mol. The van der Waals surface area contributed by atoms with Crippen LogP contribution in [0.5, 0.6) is 0 Å². The van der Waals surface area contributed by atoms with Gasteiger partial charge in [-0.2, -0.15) is 0 Å². The van der Waals surface area contributed by atoms with E-state index < -0.39 is 17.5 Å². The Bertz CT molecular complexity index is 456. The van der Waals surface area contributed by atoms with Gasteiger partial charge >= 0.3 is 0 Å². The first kappa shape index (κ1) is 21.4. The molecule has 140 valence electrons. The molecular formula is C17H31NO5S. The van der Waals surface area contributed by atoms with Gasteiger partial charge in [-0.15, -0.1) is 0 Å². The lowest BCUT2D eigenvalue weighted by molar-refractivity contribution is -0.368. The fourth-order valence-electron chi connectivity index (χ4n) is 3.06. The number of nitrogens with one attached hydrogen (secondary N) is 1. The molecule has 24 heavy (non-hydrogen) atoms. The standard InChI is InChI=1S/C17H31NO5S/c1-8-13-17(6,21-7)14(23-16(4,5)22-13)11(2)15(20)24-10-9-18-12(3)19/h11,13-14H,8-10H2,1-7H3,(H,18,19)/t11-,13-,14-,17-/m1/s1. The van der Waals surface area contributed by atoms with Crippen molar-refractivity contribution in [3.8, 4) is 0 Å². The molecule has 0 saturated carbocycles. The Labute approximate surface area is 149 Å². The minimum Gasteiger partial charge on any atom is -0.373 e. The molecule has 7 heteroatoms. The van der Waals surface area contributed by atoms with Gasteiger partial charge < -0.3 is 19.5 Å². The lowest BCUT2D eigenvalue weighted by Gasteiger charge is -2.52. The van der Waals surface area contributed by atoms with Crippen LogP contribution in [-0.2, 0) is 23.8 Å². The molecule has 0 aromatic rings. The largest absolute Gasteiger partial charge is 0.373 e. The van der Waals surface area contributed by atoms with Crippen molar-refractivity contribution in [1.29, 1.82) is 0 Å². The van der Waals surface area contributed by atoms with Crippen LogP contribution in [0.15, 0.2) is 0 Å². The second kappa shape index (κ2) is 8.65. The van der Waals surface area contributed by atoms with E-state index in [1.54, 1.807) is 7.11 Å². The highest BCUT2D eigenvalue weighted by molar-refractivity contribution is 8.13. The number of thioether (sulfide) groups is 1. The van der Waals surface area contributed by atoms with E-state index >= 15 is 0 Å². The topological polar surface area (TPSA) is 73.9 Å². The summed E-state index contributed by atoms with van der Waals surface area (Å²) in [4.78, 5) is 23.4. The van der Waals surface area contributed by atoms with Crippen LogP contribution < -0.4 is 5.32 Å². The maximum absolute atomic E-state index is 12.6. The minimum atomic E-state index is -0.765. The Morgan fingerprint density at radius 3 is 2.42 bits per heavy atom. The molecule has 0 unspecified atom stereocenters. The molecule has 6 nitrogen and oxygen atoms in total. The molecule has 1 aliphatic heterocycles. The predicted molar refractivity (Wildman–Crippen MR) is 94.8 cm³/mol. The van der Waals surface area contributed by atoms with Crippen LogP contribution in [0, 0.1) is 5.92 Å². The van der Waals surface area contributed by atoms with Crippen LogP contribution in [0.1, 0.15) is 48.0 Å². The highest BCUT2D eigenvalue weighted by Gasteiger charge is 2.54. The zero-order valence-electron chi connectivity index (χ0n) is 15.8. The van der Waals surface area contributed by atoms with Crippen LogP contribution in [0.3, 0.4) is 0 Å². The molecule has 0 aliphatic carbocycles. The molecule has 1 aliphatic rings. The van der Waals surface area contributed by atoms with Crippen molar-refractivity contribution in [3.05, 3.63) is 0 Å². The first-order valence-electron chi connectivity index (χ1n) is 8.39. The van der Waals surface area contributed by atoms with Gasteiger partial charge in [0.05, 0.1) is 12.0 Å². The number of hydrogen-bond donors (Lipinski definition) is 1.